The lowest BCUT2D eigenvalue weighted by molar-refractivity contribution is -0.0641. The molecule has 9 atom stereocenters. The summed E-state index contributed by atoms with van der Waals surface area (Å²) in [5.74, 6) is 5.50. The molecule has 0 aliphatic heterocycles. The normalized spacial score (nSPS) is 32.7. The molecule has 0 bridgehead atoms. The predicted octanol–water partition coefficient (Wildman–Crippen LogP) is 11.7. The van der Waals surface area contributed by atoms with Crippen LogP contribution in [0, 0.1) is 46.3 Å². The van der Waals surface area contributed by atoms with Crippen LogP contribution in [0.3, 0.4) is 0 Å². The molecule has 3 saturated carbocycles. The van der Waals surface area contributed by atoms with Gasteiger partial charge in [-0.15, -0.1) is 0 Å². The molecule has 4 aliphatic carbocycles. The van der Waals surface area contributed by atoms with E-state index in [0.29, 0.717) is 29.6 Å². The van der Waals surface area contributed by atoms with E-state index >= 15 is 0 Å². The number of fused-ring (bicyclic) bond motifs is 5. The van der Waals surface area contributed by atoms with Crippen molar-refractivity contribution in [3.8, 4) is 0 Å². The summed E-state index contributed by atoms with van der Waals surface area (Å²) >= 11 is 0. The molecule has 3 unspecified atom stereocenters. The lowest BCUT2D eigenvalue weighted by Gasteiger charge is -2.58. The summed E-state index contributed by atoms with van der Waals surface area (Å²) < 4.78 is 18.4. The van der Waals surface area contributed by atoms with Crippen LogP contribution in [-0.2, 0) is 14.2 Å². The molecule has 4 rings (SSSR count). The first-order valence-corrected chi connectivity index (χ1v) is 21.4. The van der Waals surface area contributed by atoms with Gasteiger partial charge in [-0.2, -0.15) is 0 Å². The van der Waals surface area contributed by atoms with Gasteiger partial charge in [-0.3, -0.25) is 0 Å². The maximum atomic E-state index is 6.56. The Morgan fingerprint density at radius 2 is 1.55 bits per heavy atom. The van der Waals surface area contributed by atoms with Gasteiger partial charge in [0.1, 0.15) is 0 Å². The van der Waals surface area contributed by atoms with E-state index in [4.69, 9.17) is 14.2 Å². The van der Waals surface area contributed by atoms with Crippen molar-refractivity contribution in [1.29, 1.82) is 0 Å². The quantitative estimate of drug-likeness (QED) is 0.0792. The molecule has 3 fully saturated rings. The molecule has 4 heteroatoms. The van der Waals surface area contributed by atoms with E-state index in [1.807, 2.05) is 0 Å². The minimum atomic E-state index is 0.320. The van der Waals surface area contributed by atoms with Crippen LogP contribution in [0.15, 0.2) is 23.8 Å². The Morgan fingerprint density at radius 1 is 0.816 bits per heavy atom. The second-order valence-corrected chi connectivity index (χ2v) is 18.3. The standard InChI is InChI=1S/C45H81NO3/c1-9-10-15-29-47-33-38(46(7)8)34-48-30-16-13-11-12-14-17-31-49-39-25-27-44(5)37(32-39)21-22-40-42-24-23-41(36(4)20-18-19-35(2)3)45(42,6)28-26-43(40)44/h10,15,21,35-36,38-43H,9,11-14,16-20,22-34H2,1-8H3/t36-,38+,39+,40?,41-,42?,43?,44+,45-/m1/s1. The van der Waals surface area contributed by atoms with Gasteiger partial charge in [-0.25, -0.2) is 0 Å². The molecule has 284 valence electrons. The van der Waals surface area contributed by atoms with E-state index in [-0.39, 0.29) is 0 Å². The van der Waals surface area contributed by atoms with Crippen LogP contribution in [0.1, 0.15) is 157 Å². The van der Waals surface area contributed by atoms with E-state index in [2.05, 4.69) is 78.8 Å². The first kappa shape index (κ1) is 41.1. The molecule has 49 heavy (non-hydrogen) atoms. The highest BCUT2D eigenvalue weighted by Crippen LogP contribution is 2.67. The molecule has 0 aromatic heterocycles. The first-order valence-electron chi connectivity index (χ1n) is 21.4. The van der Waals surface area contributed by atoms with E-state index in [0.717, 1.165) is 74.8 Å². The largest absolute Gasteiger partial charge is 0.380 e. The van der Waals surface area contributed by atoms with Gasteiger partial charge >= 0.3 is 0 Å². The van der Waals surface area contributed by atoms with Crippen LogP contribution in [0.25, 0.3) is 0 Å². The number of likely N-dealkylation sites (N-methyl/N-ethyl adjacent to an activating group) is 1. The predicted molar refractivity (Wildman–Crippen MR) is 209 cm³/mol. The third kappa shape index (κ3) is 11.4. The fourth-order valence-electron chi connectivity index (χ4n) is 11.1. The van der Waals surface area contributed by atoms with Crippen molar-refractivity contribution >= 4 is 0 Å². The Bertz CT molecular complexity index is 990. The highest BCUT2D eigenvalue weighted by Gasteiger charge is 2.59. The van der Waals surface area contributed by atoms with Crippen molar-refractivity contribution in [2.24, 2.45) is 46.3 Å². The summed E-state index contributed by atoms with van der Waals surface area (Å²) in [5, 5.41) is 0. The van der Waals surface area contributed by atoms with Crippen molar-refractivity contribution < 1.29 is 14.2 Å². The van der Waals surface area contributed by atoms with Gasteiger partial charge in [0.05, 0.1) is 32.0 Å². The van der Waals surface area contributed by atoms with Crippen molar-refractivity contribution in [3.05, 3.63) is 23.8 Å². The third-order valence-electron chi connectivity index (χ3n) is 14.3. The average molecular weight is 684 g/mol. The van der Waals surface area contributed by atoms with Crippen molar-refractivity contribution in [2.45, 2.75) is 169 Å². The Hall–Kier alpha value is -0.680. The fraction of sp³-hybridized carbons (Fsp3) is 0.911. The van der Waals surface area contributed by atoms with Gasteiger partial charge in [-0.1, -0.05) is 110 Å². The topological polar surface area (TPSA) is 30.9 Å². The van der Waals surface area contributed by atoms with Gasteiger partial charge in [0.15, 0.2) is 0 Å². The molecule has 4 nitrogen and oxygen atoms in total. The Balaban J connectivity index is 1.08. The molecule has 4 aliphatic rings. The van der Waals surface area contributed by atoms with Crippen LogP contribution in [0.5, 0.6) is 0 Å². The van der Waals surface area contributed by atoms with Crippen molar-refractivity contribution in [1.82, 2.24) is 4.90 Å². The number of hydrogen-bond donors (Lipinski definition) is 0. The lowest BCUT2D eigenvalue weighted by Crippen LogP contribution is -2.51. The summed E-state index contributed by atoms with van der Waals surface area (Å²) in [7, 11) is 4.23. The number of hydrogen-bond acceptors (Lipinski definition) is 4. The molecule has 0 aromatic rings. The van der Waals surface area contributed by atoms with Crippen LogP contribution >= 0.6 is 0 Å². The van der Waals surface area contributed by atoms with Crippen LogP contribution < -0.4 is 0 Å². The summed E-state index contributed by atoms with van der Waals surface area (Å²) in [6, 6.07) is 0.320. The minimum absolute atomic E-state index is 0.320. The highest BCUT2D eigenvalue weighted by atomic mass is 16.5. The van der Waals surface area contributed by atoms with Gasteiger partial charge in [-0.05, 0) is 131 Å². The van der Waals surface area contributed by atoms with Crippen molar-refractivity contribution in [3.63, 3.8) is 0 Å². The van der Waals surface area contributed by atoms with E-state index < -0.39 is 0 Å². The van der Waals surface area contributed by atoms with Crippen LogP contribution in [-0.4, -0.2) is 64.2 Å². The average Bonchev–Trinajstić information content (AvgIpc) is 3.43. The van der Waals surface area contributed by atoms with Gasteiger partial charge in [0.2, 0.25) is 0 Å². The Morgan fingerprint density at radius 3 is 2.29 bits per heavy atom. The second-order valence-electron chi connectivity index (χ2n) is 18.3. The molecule has 0 radical (unpaired) electrons. The molecule has 0 aromatic carbocycles. The van der Waals surface area contributed by atoms with E-state index in [9.17, 15) is 0 Å². The maximum absolute atomic E-state index is 6.56. The molecular weight excluding hydrogens is 602 g/mol. The monoisotopic (exact) mass is 684 g/mol. The zero-order valence-electron chi connectivity index (χ0n) is 33.8. The van der Waals surface area contributed by atoms with Gasteiger partial charge < -0.3 is 19.1 Å². The summed E-state index contributed by atoms with van der Waals surface area (Å²) in [5.41, 5.74) is 2.80. The summed E-state index contributed by atoms with van der Waals surface area (Å²) in [6.45, 7) is 18.9. The first-order chi connectivity index (χ1) is 23.6. The van der Waals surface area contributed by atoms with Crippen LogP contribution in [0.4, 0.5) is 0 Å². The lowest BCUT2D eigenvalue weighted by atomic mass is 9.47. The second kappa shape index (κ2) is 20.5. The number of allylic oxidation sites excluding steroid dienone is 2. The van der Waals surface area contributed by atoms with Gasteiger partial charge in [0, 0.05) is 13.2 Å². The molecule has 0 spiro atoms. The van der Waals surface area contributed by atoms with Crippen LogP contribution in [0.2, 0.25) is 0 Å². The van der Waals surface area contributed by atoms with Crippen molar-refractivity contribution in [2.75, 3.05) is 47.1 Å². The zero-order chi connectivity index (χ0) is 35.3. The molecule has 0 saturated heterocycles. The smallest absolute Gasteiger partial charge is 0.0648 e. The Kier molecular flexibility index (Phi) is 17.2. The number of ether oxygens (including phenoxy) is 3. The number of rotatable bonds is 23. The third-order valence-corrected chi connectivity index (χ3v) is 14.3. The number of unbranched alkanes of at least 4 members (excludes halogenated alkanes) is 5. The molecule has 0 amide bonds. The maximum Gasteiger partial charge on any atom is 0.0648 e. The molecule has 0 N–H and O–H groups in total. The summed E-state index contributed by atoms with van der Waals surface area (Å²) in [6.07, 6.45) is 31.5. The van der Waals surface area contributed by atoms with Gasteiger partial charge in [0.25, 0.3) is 0 Å². The number of nitrogens with zero attached hydrogens (tertiary/aromatic N) is 1. The van der Waals surface area contributed by atoms with E-state index in [1.165, 1.54) is 103 Å². The highest BCUT2D eigenvalue weighted by molar-refractivity contribution is 5.25. The Labute approximate surface area is 304 Å². The molecular formula is C45H81NO3. The fourth-order valence-corrected chi connectivity index (χ4v) is 11.1. The minimum Gasteiger partial charge on any atom is -0.380 e. The zero-order valence-corrected chi connectivity index (χ0v) is 33.8. The van der Waals surface area contributed by atoms with E-state index in [1.54, 1.807) is 5.57 Å². The molecule has 0 heterocycles. The SMILES string of the molecule is CCC=CCOC[C@@H](COCCCCCCCCO[C@H]1CC[C@@]2(C)C(=CCC3C2CC[C@@]2(C)C3CC[C@@H]2[C@H](C)CCCC(C)C)C1)N(C)C. The summed E-state index contributed by atoms with van der Waals surface area (Å²) in [4.78, 5) is 2.21.